The zero-order valence-corrected chi connectivity index (χ0v) is 11.6. The predicted molar refractivity (Wildman–Crippen MR) is 73.4 cm³/mol. The van der Waals surface area contributed by atoms with Gasteiger partial charge in [-0.25, -0.2) is 4.79 Å². The summed E-state index contributed by atoms with van der Waals surface area (Å²) in [5.74, 6) is 0.114. The molecule has 2 amide bonds. The van der Waals surface area contributed by atoms with Crippen molar-refractivity contribution in [3.05, 3.63) is 23.3 Å². The van der Waals surface area contributed by atoms with E-state index in [1.165, 1.54) is 15.9 Å². The van der Waals surface area contributed by atoms with E-state index < -0.39 is 6.03 Å². The lowest BCUT2D eigenvalue weighted by Gasteiger charge is -1.99. The van der Waals surface area contributed by atoms with Crippen LogP contribution in [-0.4, -0.2) is 26.2 Å². The fraction of sp³-hybridized carbons (Fsp3) is 0.500. The van der Waals surface area contributed by atoms with Crippen molar-refractivity contribution in [3.8, 4) is 0 Å². The van der Waals surface area contributed by atoms with Crippen LogP contribution in [-0.2, 0) is 6.54 Å². The molecule has 0 aliphatic heterocycles. The van der Waals surface area contributed by atoms with E-state index in [-0.39, 0.29) is 5.95 Å². The van der Waals surface area contributed by atoms with Gasteiger partial charge in [0.2, 0.25) is 0 Å². The molecule has 0 spiro atoms. The van der Waals surface area contributed by atoms with Crippen molar-refractivity contribution in [1.82, 2.24) is 20.2 Å². The molecule has 1 heterocycles. The highest BCUT2D eigenvalue weighted by atomic mass is 16.2. The molecule has 0 bridgehead atoms. The molecule has 0 radical (unpaired) electrons. The number of allylic oxidation sites excluding steroid dienone is 4. The van der Waals surface area contributed by atoms with Crippen LogP contribution in [0.2, 0.25) is 0 Å². The van der Waals surface area contributed by atoms with Crippen molar-refractivity contribution in [3.63, 3.8) is 0 Å². The third-order valence-corrected chi connectivity index (χ3v) is 2.38. The van der Waals surface area contributed by atoms with E-state index in [1.54, 1.807) is 0 Å². The molecule has 7 nitrogen and oxygen atoms in total. The maximum atomic E-state index is 10.6. The number of nitrogens with zero attached hydrogens (tertiary/aromatic N) is 4. The molecule has 0 unspecified atom stereocenters. The number of carbonyl (C=O) groups excluding carboxylic acids is 1. The smallest absolute Gasteiger partial charge is 0.319 e. The summed E-state index contributed by atoms with van der Waals surface area (Å²) in [5, 5.41) is 13.7. The number of rotatable bonds is 6. The minimum absolute atomic E-state index is 0.114. The van der Waals surface area contributed by atoms with Crippen LogP contribution in [0.5, 0.6) is 0 Å². The van der Waals surface area contributed by atoms with Crippen LogP contribution in [0, 0.1) is 0 Å². The van der Waals surface area contributed by atoms with Gasteiger partial charge in [-0.05, 0) is 38.8 Å². The summed E-state index contributed by atoms with van der Waals surface area (Å²) in [6.45, 7) is 6.77. The van der Waals surface area contributed by atoms with Crippen molar-refractivity contribution in [2.75, 3.05) is 5.32 Å². The summed E-state index contributed by atoms with van der Waals surface area (Å²) in [7, 11) is 0. The van der Waals surface area contributed by atoms with Crippen molar-refractivity contribution in [1.29, 1.82) is 0 Å². The molecule has 104 valence electrons. The number of nitrogens with two attached hydrogens (primary N) is 1. The van der Waals surface area contributed by atoms with Gasteiger partial charge in [-0.2, -0.15) is 4.80 Å². The minimum Gasteiger partial charge on any atom is -0.351 e. The van der Waals surface area contributed by atoms with Gasteiger partial charge in [0.05, 0.1) is 6.54 Å². The summed E-state index contributed by atoms with van der Waals surface area (Å²) < 4.78 is 0. The van der Waals surface area contributed by atoms with E-state index in [1.807, 2.05) is 6.08 Å². The second kappa shape index (κ2) is 7.30. The molecule has 0 saturated heterocycles. The molecule has 1 rings (SSSR count). The van der Waals surface area contributed by atoms with E-state index >= 15 is 0 Å². The molecule has 0 aliphatic carbocycles. The minimum atomic E-state index is -0.701. The van der Waals surface area contributed by atoms with Crippen LogP contribution in [0.25, 0.3) is 0 Å². The molecule has 0 saturated carbocycles. The lowest BCUT2D eigenvalue weighted by Crippen LogP contribution is -2.20. The molecule has 7 heteroatoms. The van der Waals surface area contributed by atoms with E-state index in [0.717, 1.165) is 12.8 Å². The van der Waals surface area contributed by atoms with E-state index in [0.29, 0.717) is 6.54 Å². The Bertz CT molecular complexity index is 484. The normalized spacial score (nSPS) is 11.2. The lowest BCUT2D eigenvalue weighted by atomic mass is 10.1. The number of nitrogens with one attached hydrogen (secondary N) is 1. The highest BCUT2D eigenvalue weighted by Gasteiger charge is 2.02. The zero-order valence-electron chi connectivity index (χ0n) is 11.6. The van der Waals surface area contributed by atoms with Crippen LogP contribution in [0.15, 0.2) is 23.3 Å². The van der Waals surface area contributed by atoms with Gasteiger partial charge in [0.25, 0.3) is 5.95 Å². The average Bonchev–Trinajstić information content (AvgIpc) is 2.72. The number of hydrogen-bond acceptors (Lipinski definition) is 4. The first-order chi connectivity index (χ1) is 8.97. The van der Waals surface area contributed by atoms with Crippen LogP contribution >= 0.6 is 0 Å². The molecule has 3 N–H and O–H groups in total. The summed E-state index contributed by atoms with van der Waals surface area (Å²) in [6, 6.07) is -0.701. The van der Waals surface area contributed by atoms with Crippen LogP contribution < -0.4 is 11.1 Å². The number of aromatic nitrogens is 4. The molecule has 0 aromatic carbocycles. The second-order valence-electron chi connectivity index (χ2n) is 4.53. The number of hydrogen-bond donors (Lipinski definition) is 2. The van der Waals surface area contributed by atoms with Crippen LogP contribution in [0.1, 0.15) is 33.6 Å². The molecule has 19 heavy (non-hydrogen) atoms. The Kier molecular flexibility index (Phi) is 5.72. The van der Waals surface area contributed by atoms with Gasteiger partial charge in [-0.3, -0.25) is 5.32 Å². The van der Waals surface area contributed by atoms with Crippen molar-refractivity contribution < 1.29 is 4.79 Å². The molecule has 0 atom stereocenters. The van der Waals surface area contributed by atoms with Gasteiger partial charge in [0.15, 0.2) is 0 Å². The molecular weight excluding hydrogens is 244 g/mol. The van der Waals surface area contributed by atoms with Crippen molar-refractivity contribution in [2.45, 2.75) is 40.2 Å². The Labute approximate surface area is 112 Å². The Morgan fingerprint density at radius 1 is 1.37 bits per heavy atom. The Hall–Kier alpha value is -2.18. The highest BCUT2D eigenvalue weighted by Crippen LogP contribution is 2.06. The molecule has 0 aliphatic rings. The lowest BCUT2D eigenvalue weighted by molar-refractivity contribution is 0.259. The second-order valence-corrected chi connectivity index (χ2v) is 4.53. The number of amides is 2. The van der Waals surface area contributed by atoms with E-state index in [2.05, 4.69) is 47.6 Å². The summed E-state index contributed by atoms with van der Waals surface area (Å²) >= 11 is 0. The zero-order chi connectivity index (χ0) is 14.3. The monoisotopic (exact) mass is 264 g/mol. The maximum absolute atomic E-state index is 10.6. The number of primary amides is 1. The van der Waals surface area contributed by atoms with Gasteiger partial charge >= 0.3 is 6.03 Å². The maximum Gasteiger partial charge on any atom is 0.319 e. The van der Waals surface area contributed by atoms with Crippen molar-refractivity contribution >= 4 is 12.0 Å². The van der Waals surface area contributed by atoms with Gasteiger partial charge in [0, 0.05) is 0 Å². The van der Waals surface area contributed by atoms with Crippen LogP contribution in [0.4, 0.5) is 10.7 Å². The third kappa shape index (κ3) is 6.35. The number of urea groups is 1. The van der Waals surface area contributed by atoms with Gasteiger partial charge < -0.3 is 5.73 Å². The van der Waals surface area contributed by atoms with Gasteiger partial charge in [0.1, 0.15) is 0 Å². The SMILES string of the molecule is CC(C)=CCCC(C)=CCn1nnc(NC(N)=O)n1. The Morgan fingerprint density at radius 3 is 2.74 bits per heavy atom. The quantitative estimate of drug-likeness (QED) is 0.766. The summed E-state index contributed by atoms with van der Waals surface area (Å²) in [4.78, 5) is 12.0. The topological polar surface area (TPSA) is 98.7 Å². The van der Waals surface area contributed by atoms with Gasteiger partial charge in [-0.15, -0.1) is 5.10 Å². The first-order valence-electron chi connectivity index (χ1n) is 6.10. The predicted octanol–water partition coefficient (Wildman–Crippen LogP) is 1.86. The van der Waals surface area contributed by atoms with Gasteiger partial charge in [-0.1, -0.05) is 28.4 Å². The molecular formula is C12H20N6O. The fourth-order valence-corrected chi connectivity index (χ4v) is 1.41. The average molecular weight is 264 g/mol. The van der Waals surface area contributed by atoms with Crippen molar-refractivity contribution in [2.24, 2.45) is 5.73 Å². The first kappa shape index (κ1) is 14.9. The number of tetrazole rings is 1. The number of anilines is 1. The summed E-state index contributed by atoms with van der Waals surface area (Å²) in [6.07, 6.45) is 6.28. The fourth-order valence-electron chi connectivity index (χ4n) is 1.41. The standard InChI is InChI=1S/C12H20N6O/c1-9(2)5-4-6-10(3)7-8-18-16-12(15-17-18)14-11(13)19/h5,7H,4,6,8H2,1-3H3,(H3,13,14,16,19). The van der Waals surface area contributed by atoms with E-state index in [9.17, 15) is 4.79 Å². The van der Waals surface area contributed by atoms with Crippen LogP contribution in [0.3, 0.4) is 0 Å². The molecule has 1 aromatic heterocycles. The highest BCUT2D eigenvalue weighted by molar-refractivity contribution is 5.85. The summed E-state index contributed by atoms with van der Waals surface area (Å²) in [5.41, 5.74) is 7.54. The Morgan fingerprint density at radius 2 is 2.11 bits per heavy atom. The molecule has 0 fully saturated rings. The Balaban J connectivity index is 2.44. The first-order valence-corrected chi connectivity index (χ1v) is 6.10. The largest absolute Gasteiger partial charge is 0.351 e. The van der Waals surface area contributed by atoms with E-state index in [4.69, 9.17) is 5.73 Å². The molecule has 1 aromatic rings. The number of carbonyl (C=O) groups is 1. The third-order valence-electron chi connectivity index (χ3n) is 2.38.